The molecule has 1 aromatic carbocycles. The molecule has 1 aliphatic heterocycles. The number of carbonyl (C=O) groups excluding carboxylic acids is 2. The molecule has 24 heavy (non-hydrogen) atoms. The number of piperidine rings is 1. The molecule has 0 radical (unpaired) electrons. The van der Waals surface area contributed by atoms with E-state index in [0.717, 1.165) is 25.0 Å². The minimum atomic E-state index is -0.443. The quantitative estimate of drug-likeness (QED) is 0.809. The second kappa shape index (κ2) is 8.57. The molecule has 1 unspecified atom stereocenters. The van der Waals surface area contributed by atoms with Gasteiger partial charge in [-0.15, -0.1) is 0 Å². The van der Waals surface area contributed by atoms with Crippen LogP contribution in [0.3, 0.4) is 0 Å². The Bertz CT molecular complexity index is 559. The van der Waals surface area contributed by atoms with Crippen molar-refractivity contribution in [1.29, 1.82) is 0 Å². The number of hydrogen-bond acceptors (Lipinski definition) is 3. The number of aryl methyl sites for hydroxylation is 1. The van der Waals surface area contributed by atoms with Crippen LogP contribution in [0.4, 0.5) is 4.79 Å². The van der Waals surface area contributed by atoms with Crippen LogP contribution in [-0.2, 0) is 4.79 Å². The third-order valence-electron chi connectivity index (χ3n) is 4.39. The number of hydrogen-bond donors (Lipinski definition) is 1. The maximum Gasteiger partial charge on any atom is 0.314 e. The van der Waals surface area contributed by atoms with Gasteiger partial charge in [-0.3, -0.25) is 4.79 Å². The van der Waals surface area contributed by atoms with Crippen molar-refractivity contribution in [2.45, 2.75) is 26.2 Å². The first kappa shape index (κ1) is 18.1. The maximum atomic E-state index is 12.5. The van der Waals surface area contributed by atoms with Crippen LogP contribution in [0.15, 0.2) is 24.3 Å². The van der Waals surface area contributed by atoms with E-state index in [2.05, 4.69) is 0 Å². The highest BCUT2D eigenvalue weighted by Gasteiger charge is 2.29. The van der Waals surface area contributed by atoms with Gasteiger partial charge in [0.15, 0.2) is 0 Å². The van der Waals surface area contributed by atoms with Crippen molar-refractivity contribution in [2.24, 2.45) is 11.7 Å². The van der Waals surface area contributed by atoms with Gasteiger partial charge in [-0.05, 0) is 38.3 Å². The number of amides is 3. The highest BCUT2D eigenvalue weighted by molar-refractivity contribution is 5.80. The van der Waals surface area contributed by atoms with E-state index in [4.69, 9.17) is 10.5 Å². The SMILES string of the molecule is Cc1ccc(OCCCN(C)C(=O)C2CCCN(C(N)=O)C2)cc1. The Balaban J connectivity index is 1.71. The molecule has 2 N–H and O–H groups in total. The summed E-state index contributed by atoms with van der Waals surface area (Å²) in [7, 11) is 1.80. The van der Waals surface area contributed by atoms with Gasteiger partial charge in [0.25, 0.3) is 0 Å². The van der Waals surface area contributed by atoms with Crippen molar-refractivity contribution in [3.05, 3.63) is 29.8 Å². The van der Waals surface area contributed by atoms with Gasteiger partial charge in [-0.1, -0.05) is 17.7 Å². The van der Waals surface area contributed by atoms with Crippen LogP contribution in [0.1, 0.15) is 24.8 Å². The zero-order chi connectivity index (χ0) is 17.5. The van der Waals surface area contributed by atoms with E-state index in [1.807, 2.05) is 31.2 Å². The van der Waals surface area contributed by atoms with Gasteiger partial charge in [0.1, 0.15) is 5.75 Å². The molecule has 6 heteroatoms. The van der Waals surface area contributed by atoms with E-state index < -0.39 is 6.03 Å². The van der Waals surface area contributed by atoms with Gasteiger partial charge in [0.05, 0.1) is 12.5 Å². The average Bonchev–Trinajstić information content (AvgIpc) is 2.59. The lowest BCUT2D eigenvalue weighted by atomic mass is 9.97. The number of likely N-dealkylation sites (tertiary alicyclic amines) is 1. The summed E-state index contributed by atoms with van der Waals surface area (Å²) < 4.78 is 5.68. The Kier molecular flexibility index (Phi) is 6.46. The van der Waals surface area contributed by atoms with Crippen molar-refractivity contribution < 1.29 is 14.3 Å². The van der Waals surface area contributed by atoms with Gasteiger partial charge in [0.2, 0.25) is 5.91 Å². The van der Waals surface area contributed by atoms with E-state index in [1.165, 1.54) is 5.56 Å². The van der Waals surface area contributed by atoms with E-state index in [9.17, 15) is 9.59 Å². The lowest BCUT2D eigenvalue weighted by Gasteiger charge is -2.33. The molecule has 0 bridgehead atoms. The molecule has 1 aliphatic rings. The summed E-state index contributed by atoms with van der Waals surface area (Å²) in [5, 5.41) is 0. The predicted octanol–water partition coefficient (Wildman–Crippen LogP) is 2.01. The zero-order valence-electron chi connectivity index (χ0n) is 14.5. The number of carbonyl (C=O) groups is 2. The van der Waals surface area contributed by atoms with E-state index in [-0.39, 0.29) is 11.8 Å². The van der Waals surface area contributed by atoms with Crippen molar-refractivity contribution in [2.75, 3.05) is 33.3 Å². The van der Waals surface area contributed by atoms with Crippen LogP contribution in [0.5, 0.6) is 5.75 Å². The molecule has 1 fully saturated rings. The first-order valence-corrected chi connectivity index (χ1v) is 8.46. The number of urea groups is 1. The van der Waals surface area contributed by atoms with E-state index in [1.54, 1.807) is 16.8 Å². The number of benzene rings is 1. The fraction of sp³-hybridized carbons (Fsp3) is 0.556. The number of ether oxygens (including phenoxy) is 1. The first-order chi connectivity index (χ1) is 11.5. The summed E-state index contributed by atoms with van der Waals surface area (Å²) in [5.74, 6) is 0.782. The van der Waals surface area contributed by atoms with Gasteiger partial charge in [-0.25, -0.2) is 4.79 Å². The van der Waals surface area contributed by atoms with Gasteiger partial charge >= 0.3 is 6.03 Å². The van der Waals surface area contributed by atoms with E-state index >= 15 is 0 Å². The standard InChI is InChI=1S/C18H27N3O3/c1-14-6-8-16(9-7-14)24-12-4-10-20(2)17(22)15-5-3-11-21(13-15)18(19)23/h6-9,15H,3-5,10-13H2,1-2H3,(H2,19,23). The summed E-state index contributed by atoms with van der Waals surface area (Å²) in [6, 6.07) is 7.48. The largest absolute Gasteiger partial charge is 0.494 e. The summed E-state index contributed by atoms with van der Waals surface area (Å²) in [5.41, 5.74) is 6.51. The van der Waals surface area contributed by atoms with Crippen LogP contribution in [0.25, 0.3) is 0 Å². The third-order valence-corrected chi connectivity index (χ3v) is 4.39. The number of rotatable bonds is 6. The molecule has 3 amide bonds. The van der Waals surface area contributed by atoms with Crippen molar-refractivity contribution >= 4 is 11.9 Å². The van der Waals surface area contributed by atoms with Crippen LogP contribution < -0.4 is 10.5 Å². The lowest BCUT2D eigenvalue weighted by molar-refractivity contribution is -0.135. The predicted molar refractivity (Wildman–Crippen MR) is 92.8 cm³/mol. The molecule has 1 saturated heterocycles. The molecule has 1 aromatic rings. The van der Waals surface area contributed by atoms with Gasteiger partial charge < -0.3 is 20.3 Å². The molecular weight excluding hydrogens is 306 g/mol. The molecule has 132 valence electrons. The maximum absolute atomic E-state index is 12.5. The summed E-state index contributed by atoms with van der Waals surface area (Å²) in [6.45, 7) is 4.32. The Morgan fingerprint density at radius 2 is 2.04 bits per heavy atom. The van der Waals surface area contributed by atoms with Crippen molar-refractivity contribution in [3.63, 3.8) is 0 Å². The smallest absolute Gasteiger partial charge is 0.314 e. The van der Waals surface area contributed by atoms with Crippen LogP contribution in [0.2, 0.25) is 0 Å². The summed E-state index contributed by atoms with van der Waals surface area (Å²) in [6.07, 6.45) is 2.40. The molecule has 0 saturated carbocycles. The zero-order valence-corrected chi connectivity index (χ0v) is 14.5. The molecule has 0 aromatic heterocycles. The minimum absolute atomic E-state index is 0.0799. The average molecular weight is 333 g/mol. The fourth-order valence-corrected chi connectivity index (χ4v) is 2.93. The van der Waals surface area contributed by atoms with Crippen molar-refractivity contribution in [1.82, 2.24) is 9.80 Å². The molecule has 1 atom stereocenters. The molecular formula is C18H27N3O3. The minimum Gasteiger partial charge on any atom is -0.494 e. The molecule has 0 aliphatic carbocycles. The third kappa shape index (κ3) is 5.15. The number of primary amides is 1. The second-order valence-corrected chi connectivity index (χ2v) is 6.40. The number of nitrogens with zero attached hydrogens (tertiary/aromatic N) is 2. The Morgan fingerprint density at radius 3 is 2.71 bits per heavy atom. The topological polar surface area (TPSA) is 75.9 Å². The first-order valence-electron chi connectivity index (χ1n) is 8.46. The molecule has 6 nitrogen and oxygen atoms in total. The van der Waals surface area contributed by atoms with Crippen LogP contribution in [-0.4, -0.2) is 55.0 Å². The highest BCUT2D eigenvalue weighted by atomic mass is 16.5. The Hall–Kier alpha value is -2.24. The molecule has 2 rings (SSSR count). The van der Waals surface area contributed by atoms with Gasteiger partial charge in [-0.2, -0.15) is 0 Å². The second-order valence-electron chi connectivity index (χ2n) is 6.40. The number of nitrogens with two attached hydrogens (primary N) is 1. The summed E-state index contributed by atoms with van der Waals surface area (Å²) in [4.78, 5) is 27.0. The monoisotopic (exact) mass is 333 g/mol. The Morgan fingerprint density at radius 1 is 1.33 bits per heavy atom. The van der Waals surface area contributed by atoms with Gasteiger partial charge in [0, 0.05) is 26.7 Å². The highest BCUT2D eigenvalue weighted by Crippen LogP contribution is 2.18. The fourth-order valence-electron chi connectivity index (χ4n) is 2.93. The molecule has 0 spiro atoms. The molecule has 1 heterocycles. The van der Waals surface area contributed by atoms with Crippen molar-refractivity contribution in [3.8, 4) is 5.75 Å². The summed E-state index contributed by atoms with van der Waals surface area (Å²) >= 11 is 0. The Labute approximate surface area is 143 Å². The lowest BCUT2D eigenvalue weighted by Crippen LogP contribution is -2.47. The van der Waals surface area contributed by atoms with Crippen LogP contribution in [0, 0.1) is 12.8 Å². The normalized spacial score (nSPS) is 17.4. The van der Waals surface area contributed by atoms with E-state index in [0.29, 0.717) is 26.2 Å². The van der Waals surface area contributed by atoms with Crippen LogP contribution >= 0.6 is 0 Å².